The Balaban J connectivity index is 1.70. The monoisotopic (exact) mass is 248 g/mol. The number of fused-ring (bicyclic) bond motifs is 2. The smallest absolute Gasteiger partial charge is 0.257 e. The molecule has 18 heavy (non-hydrogen) atoms. The van der Waals surface area contributed by atoms with E-state index in [4.69, 9.17) is 4.42 Å². The van der Waals surface area contributed by atoms with Crippen LogP contribution in [-0.4, -0.2) is 36.0 Å². The minimum absolute atomic E-state index is 0.0816. The second-order valence-electron chi connectivity index (χ2n) is 5.63. The molecular weight excluding hydrogens is 228 g/mol. The summed E-state index contributed by atoms with van der Waals surface area (Å²) in [6.07, 6.45) is 6.23. The molecule has 3 heterocycles. The van der Waals surface area contributed by atoms with E-state index in [1.54, 1.807) is 6.26 Å². The standard InChI is InChI=1S/C14H20N2O2/c1-9-5-10(8-18-9)14(17)16(2)13-6-11-3-4-12(7-13)15-11/h5,8,11-13,15H,3-4,6-7H2,1-2H3. The van der Waals surface area contributed by atoms with Gasteiger partial charge in [0, 0.05) is 25.2 Å². The number of hydrogen-bond donors (Lipinski definition) is 1. The molecule has 4 heteroatoms. The van der Waals surface area contributed by atoms with E-state index in [1.807, 2.05) is 24.9 Å². The minimum atomic E-state index is 0.0816. The third-order valence-corrected chi connectivity index (χ3v) is 4.29. The molecule has 0 saturated carbocycles. The zero-order valence-corrected chi connectivity index (χ0v) is 11.0. The van der Waals surface area contributed by atoms with Crippen molar-refractivity contribution >= 4 is 5.91 Å². The van der Waals surface area contributed by atoms with Crippen molar-refractivity contribution in [2.24, 2.45) is 0 Å². The first-order chi connectivity index (χ1) is 8.63. The molecule has 2 saturated heterocycles. The SMILES string of the molecule is Cc1cc(C(=O)N(C)C2CC3CCC(C2)N3)co1. The van der Waals surface area contributed by atoms with Crippen LogP contribution >= 0.6 is 0 Å². The van der Waals surface area contributed by atoms with Gasteiger partial charge in [0.1, 0.15) is 12.0 Å². The maximum Gasteiger partial charge on any atom is 0.257 e. The molecule has 4 nitrogen and oxygen atoms in total. The highest BCUT2D eigenvalue weighted by atomic mass is 16.3. The lowest BCUT2D eigenvalue weighted by Crippen LogP contribution is -2.48. The lowest BCUT2D eigenvalue weighted by molar-refractivity contribution is 0.0681. The lowest BCUT2D eigenvalue weighted by atomic mass is 9.98. The Kier molecular flexibility index (Phi) is 2.90. The topological polar surface area (TPSA) is 45.5 Å². The first-order valence-corrected chi connectivity index (χ1v) is 6.72. The summed E-state index contributed by atoms with van der Waals surface area (Å²) in [4.78, 5) is 14.2. The fourth-order valence-electron chi connectivity index (χ4n) is 3.27. The maximum absolute atomic E-state index is 12.3. The molecule has 2 aliphatic rings. The summed E-state index contributed by atoms with van der Waals surface area (Å²) in [7, 11) is 1.92. The van der Waals surface area contributed by atoms with Crippen molar-refractivity contribution in [2.45, 2.75) is 50.7 Å². The molecule has 1 aromatic heterocycles. The molecule has 1 N–H and O–H groups in total. The molecular formula is C14H20N2O2. The van der Waals surface area contributed by atoms with Crippen LogP contribution in [0.1, 0.15) is 41.8 Å². The third kappa shape index (κ3) is 2.05. The number of hydrogen-bond acceptors (Lipinski definition) is 3. The zero-order valence-electron chi connectivity index (χ0n) is 11.0. The molecule has 2 fully saturated rings. The van der Waals surface area contributed by atoms with Crippen molar-refractivity contribution in [3.05, 3.63) is 23.7 Å². The highest BCUT2D eigenvalue weighted by molar-refractivity contribution is 5.94. The summed E-state index contributed by atoms with van der Waals surface area (Å²) in [6.45, 7) is 1.86. The van der Waals surface area contributed by atoms with Crippen LogP contribution in [0.2, 0.25) is 0 Å². The Morgan fingerprint density at radius 1 is 1.39 bits per heavy atom. The number of carbonyl (C=O) groups excluding carboxylic acids is 1. The molecule has 2 bridgehead atoms. The molecule has 1 aromatic rings. The van der Waals surface area contributed by atoms with E-state index in [0.29, 0.717) is 23.7 Å². The van der Waals surface area contributed by atoms with Crippen LogP contribution in [0.4, 0.5) is 0 Å². The van der Waals surface area contributed by atoms with Crippen LogP contribution in [0, 0.1) is 6.92 Å². The average molecular weight is 248 g/mol. The number of furan rings is 1. The highest BCUT2D eigenvalue weighted by Crippen LogP contribution is 2.29. The molecule has 0 aromatic carbocycles. The van der Waals surface area contributed by atoms with Crippen molar-refractivity contribution in [3.8, 4) is 0 Å². The van der Waals surface area contributed by atoms with Crippen molar-refractivity contribution in [1.29, 1.82) is 0 Å². The predicted molar refractivity (Wildman–Crippen MR) is 68.5 cm³/mol. The summed E-state index contributed by atoms with van der Waals surface area (Å²) < 4.78 is 5.22. The number of rotatable bonds is 2. The lowest BCUT2D eigenvalue weighted by Gasteiger charge is -2.35. The summed E-state index contributed by atoms with van der Waals surface area (Å²) in [5, 5.41) is 3.60. The van der Waals surface area contributed by atoms with Gasteiger partial charge in [0.15, 0.2) is 0 Å². The van der Waals surface area contributed by atoms with E-state index in [2.05, 4.69) is 5.32 Å². The Labute approximate surface area is 107 Å². The molecule has 0 radical (unpaired) electrons. The van der Waals surface area contributed by atoms with Crippen LogP contribution in [0.3, 0.4) is 0 Å². The predicted octanol–water partition coefficient (Wildman–Crippen LogP) is 1.94. The molecule has 1 amide bonds. The van der Waals surface area contributed by atoms with Gasteiger partial charge >= 0.3 is 0 Å². The average Bonchev–Trinajstić information content (AvgIpc) is 2.94. The van der Waals surface area contributed by atoms with E-state index in [0.717, 1.165) is 18.6 Å². The Hall–Kier alpha value is -1.29. The molecule has 0 spiro atoms. The second kappa shape index (κ2) is 4.43. The molecule has 2 unspecified atom stereocenters. The van der Waals surface area contributed by atoms with E-state index in [-0.39, 0.29) is 5.91 Å². The molecule has 0 aliphatic carbocycles. The second-order valence-corrected chi connectivity index (χ2v) is 5.63. The van der Waals surface area contributed by atoms with Gasteiger partial charge in [-0.25, -0.2) is 0 Å². The first kappa shape index (κ1) is 11.8. The van der Waals surface area contributed by atoms with Gasteiger partial charge in [0.2, 0.25) is 0 Å². The molecule has 2 atom stereocenters. The van der Waals surface area contributed by atoms with Crippen molar-refractivity contribution in [3.63, 3.8) is 0 Å². The van der Waals surface area contributed by atoms with E-state index in [9.17, 15) is 4.79 Å². The third-order valence-electron chi connectivity index (χ3n) is 4.29. The van der Waals surface area contributed by atoms with E-state index in [1.165, 1.54) is 12.8 Å². The number of nitrogens with one attached hydrogen (secondary N) is 1. The van der Waals surface area contributed by atoms with Crippen LogP contribution in [0.15, 0.2) is 16.7 Å². The van der Waals surface area contributed by atoms with Gasteiger partial charge in [-0.05, 0) is 38.7 Å². The number of aryl methyl sites for hydroxylation is 1. The van der Waals surface area contributed by atoms with Gasteiger partial charge in [-0.1, -0.05) is 0 Å². The largest absolute Gasteiger partial charge is 0.469 e. The van der Waals surface area contributed by atoms with Crippen LogP contribution in [-0.2, 0) is 0 Å². The zero-order chi connectivity index (χ0) is 12.7. The number of carbonyl (C=O) groups is 1. The summed E-state index contributed by atoms with van der Waals surface area (Å²) in [5.74, 6) is 0.871. The van der Waals surface area contributed by atoms with E-state index >= 15 is 0 Å². The Bertz CT molecular complexity index is 442. The van der Waals surface area contributed by atoms with Gasteiger partial charge in [0.05, 0.1) is 5.56 Å². The highest BCUT2D eigenvalue weighted by Gasteiger charge is 2.36. The summed E-state index contributed by atoms with van der Waals surface area (Å²) in [5.41, 5.74) is 0.667. The molecule has 98 valence electrons. The fraction of sp³-hybridized carbons (Fsp3) is 0.643. The summed E-state index contributed by atoms with van der Waals surface area (Å²) in [6, 6.07) is 3.39. The quantitative estimate of drug-likeness (QED) is 0.870. The minimum Gasteiger partial charge on any atom is -0.469 e. The normalized spacial score (nSPS) is 30.4. The van der Waals surface area contributed by atoms with Crippen molar-refractivity contribution in [2.75, 3.05) is 7.05 Å². The van der Waals surface area contributed by atoms with Gasteiger partial charge in [0.25, 0.3) is 5.91 Å². The number of nitrogens with zero attached hydrogens (tertiary/aromatic N) is 1. The Morgan fingerprint density at radius 3 is 2.61 bits per heavy atom. The van der Waals surface area contributed by atoms with E-state index < -0.39 is 0 Å². The van der Waals surface area contributed by atoms with Crippen LogP contribution in [0.25, 0.3) is 0 Å². The van der Waals surface area contributed by atoms with Gasteiger partial charge in [-0.15, -0.1) is 0 Å². The van der Waals surface area contributed by atoms with Gasteiger partial charge < -0.3 is 14.6 Å². The number of piperidine rings is 1. The van der Waals surface area contributed by atoms with Crippen molar-refractivity contribution in [1.82, 2.24) is 10.2 Å². The van der Waals surface area contributed by atoms with Crippen molar-refractivity contribution < 1.29 is 9.21 Å². The molecule has 2 aliphatic heterocycles. The fourth-order valence-corrected chi connectivity index (χ4v) is 3.27. The summed E-state index contributed by atoms with van der Waals surface area (Å²) >= 11 is 0. The maximum atomic E-state index is 12.3. The molecule has 3 rings (SSSR count). The first-order valence-electron chi connectivity index (χ1n) is 6.72. The van der Waals surface area contributed by atoms with Crippen LogP contribution in [0.5, 0.6) is 0 Å². The van der Waals surface area contributed by atoms with Gasteiger partial charge in [-0.3, -0.25) is 4.79 Å². The van der Waals surface area contributed by atoms with Gasteiger partial charge in [-0.2, -0.15) is 0 Å². The Morgan fingerprint density at radius 2 is 2.06 bits per heavy atom. The number of amides is 1. The van der Waals surface area contributed by atoms with Crippen LogP contribution < -0.4 is 5.32 Å².